The Labute approximate surface area is 348 Å². The molecule has 59 heavy (non-hydrogen) atoms. The molecule has 0 saturated heterocycles. The van der Waals surface area contributed by atoms with Crippen LogP contribution in [0.3, 0.4) is 0 Å². The van der Waals surface area contributed by atoms with Crippen LogP contribution in [0.1, 0.15) is 92.8 Å². The van der Waals surface area contributed by atoms with E-state index in [1.54, 1.807) is 0 Å². The van der Waals surface area contributed by atoms with E-state index < -0.39 is 0 Å². The van der Waals surface area contributed by atoms with E-state index in [0.29, 0.717) is 0 Å². The summed E-state index contributed by atoms with van der Waals surface area (Å²) >= 11 is 0. The maximum absolute atomic E-state index is 2.60. The van der Waals surface area contributed by atoms with Gasteiger partial charge >= 0.3 is 0 Å². The normalized spacial score (nSPS) is 18.8. The Kier molecular flexibility index (Phi) is 6.96. The van der Waals surface area contributed by atoms with E-state index in [9.17, 15) is 0 Å². The molecule has 0 aromatic heterocycles. The number of benzene rings is 7. The van der Waals surface area contributed by atoms with Crippen LogP contribution in [0.15, 0.2) is 175 Å². The Balaban J connectivity index is 1.08. The molecule has 12 rings (SSSR count). The monoisotopic (exact) mass is 760 g/mol. The molecule has 2 heteroatoms. The van der Waals surface area contributed by atoms with E-state index in [1.165, 1.54) is 106 Å². The van der Waals surface area contributed by atoms with Gasteiger partial charge in [0.1, 0.15) is 0 Å². The molecule has 2 heterocycles. The number of hydrogen-bond acceptors (Lipinski definition) is 2. The average molecular weight is 761 g/mol. The molecule has 0 bridgehead atoms. The minimum atomic E-state index is -0.138. The molecule has 1 unspecified atom stereocenters. The average Bonchev–Trinajstić information content (AvgIpc) is 3.80. The fourth-order valence-electron chi connectivity index (χ4n) is 11.7. The number of rotatable bonds is 4. The molecule has 0 N–H and O–H groups in total. The van der Waals surface area contributed by atoms with Crippen LogP contribution in [-0.2, 0) is 16.2 Å². The molecule has 2 aliphatic heterocycles. The first kappa shape index (κ1) is 34.6. The summed E-state index contributed by atoms with van der Waals surface area (Å²) < 4.78 is 0. The first-order valence-corrected chi connectivity index (χ1v) is 21.4. The highest BCUT2D eigenvalue weighted by molar-refractivity contribution is 5.93. The van der Waals surface area contributed by atoms with E-state index in [4.69, 9.17) is 0 Å². The van der Waals surface area contributed by atoms with Gasteiger partial charge in [-0.05, 0) is 127 Å². The SMILES string of the molecule is CC1(C)C2=C3C(CC(c4ccccc4)=C2)c2cc(N(c4ccc5c(c4)-c4ccccc4C5(C)C)c4ccc5c(c4)C(C)(C)c4ccccc4-5)ccc2N3c2ccccc21. The highest BCUT2D eigenvalue weighted by Gasteiger charge is 2.48. The van der Waals surface area contributed by atoms with Gasteiger partial charge in [-0.1, -0.05) is 157 Å². The van der Waals surface area contributed by atoms with E-state index in [0.717, 1.165) is 6.42 Å². The summed E-state index contributed by atoms with van der Waals surface area (Å²) in [6.07, 6.45) is 3.49. The van der Waals surface area contributed by atoms with Crippen molar-refractivity contribution in [1.29, 1.82) is 0 Å². The number of nitrogens with zero attached hydrogens (tertiary/aromatic N) is 2. The molecule has 0 fully saturated rings. The molecular weight excluding hydrogens is 713 g/mol. The summed E-state index contributed by atoms with van der Waals surface area (Å²) in [7, 11) is 0. The van der Waals surface area contributed by atoms with Gasteiger partial charge in [-0.2, -0.15) is 0 Å². The summed E-state index contributed by atoms with van der Waals surface area (Å²) in [5, 5.41) is 0. The lowest BCUT2D eigenvalue weighted by Gasteiger charge is -2.43. The quantitative estimate of drug-likeness (QED) is 0.176. The molecule has 5 aliphatic rings. The third-order valence-electron chi connectivity index (χ3n) is 14.8. The van der Waals surface area contributed by atoms with Crippen LogP contribution >= 0.6 is 0 Å². The molecule has 0 spiro atoms. The molecule has 286 valence electrons. The lowest BCUT2D eigenvalue weighted by atomic mass is 9.68. The zero-order valence-electron chi connectivity index (χ0n) is 34.8. The van der Waals surface area contributed by atoms with E-state index in [1.807, 2.05) is 0 Å². The zero-order chi connectivity index (χ0) is 40.0. The van der Waals surface area contributed by atoms with Crippen LogP contribution in [0.2, 0.25) is 0 Å². The predicted molar refractivity (Wildman–Crippen MR) is 247 cm³/mol. The van der Waals surface area contributed by atoms with Crippen molar-refractivity contribution in [2.24, 2.45) is 0 Å². The molecule has 1 atom stereocenters. The van der Waals surface area contributed by atoms with Crippen LogP contribution in [-0.4, -0.2) is 0 Å². The molecule has 7 aromatic rings. The second-order valence-corrected chi connectivity index (χ2v) is 18.9. The summed E-state index contributed by atoms with van der Waals surface area (Å²) in [5.74, 6) is 0.232. The smallest absolute Gasteiger partial charge is 0.0499 e. The second-order valence-electron chi connectivity index (χ2n) is 18.9. The third kappa shape index (κ3) is 4.63. The van der Waals surface area contributed by atoms with Crippen LogP contribution in [0, 0.1) is 0 Å². The summed E-state index contributed by atoms with van der Waals surface area (Å²) in [5.41, 5.74) is 25.2. The standard InChI is InChI=1S/C57H48N2/c1-55(2)47-21-13-11-19-41(47)43-32-37(25-28-48(43)55)58(39-24-27-42-40-18-10-12-20-46(40)56(3,4)50(42)34-39)38-26-29-52-44(33-38)45-30-36(35-16-8-7-9-17-35)31-51-54(45)59(52)53-23-15-14-22-49(53)57(51,5)6/h7-29,31-34,45H,30H2,1-6H3. The van der Waals surface area contributed by atoms with Crippen molar-refractivity contribution in [2.75, 3.05) is 9.80 Å². The number of allylic oxidation sites excluding steroid dienone is 4. The Morgan fingerprint density at radius 2 is 1.02 bits per heavy atom. The maximum Gasteiger partial charge on any atom is 0.0499 e. The fraction of sp³-hybridized carbons (Fsp3) is 0.193. The zero-order valence-corrected chi connectivity index (χ0v) is 34.8. The molecule has 0 radical (unpaired) electrons. The van der Waals surface area contributed by atoms with Crippen molar-refractivity contribution in [3.63, 3.8) is 0 Å². The van der Waals surface area contributed by atoms with Gasteiger partial charge in [0.25, 0.3) is 0 Å². The maximum atomic E-state index is 2.60. The van der Waals surface area contributed by atoms with E-state index >= 15 is 0 Å². The summed E-state index contributed by atoms with van der Waals surface area (Å²) in [6, 6.07) is 59.9. The minimum Gasteiger partial charge on any atom is -0.313 e. The van der Waals surface area contributed by atoms with E-state index in [-0.39, 0.29) is 22.2 Å². The van der Waals surface area contributed by atoms with Crippen molar-refractivity contribution >= 4 is 34.0 Å². The number of para-hydroxylation sites is 1. The number of anilines is 5. The number of fused-ring (bicyclic) bond motifs is 11. The van der Waals surface area contributed by atoms with Crippen LogP contribution < -0.4 is 9.80 Å². The summed E-state index contributed by atoms with van der Waals surface area (Å²) in [6.45, 7) is 14.4. The van der Waals surface area contributed by atoms with Gasteiger partial charge in [0.15, 0.2) is 0 Å². The van der Waals surface area contributed by atoms with Crippen molar-refractivity contribution in [3.05, 3.63) is 214 Å². The van der Waals surface area contributed by atoms with Gasteiger partial charge in [-0.15, -0.1) is 0 Å². The van der Waals surface area contributed by atoms with Crippen LogP contribution in [0.25, 0.3) is 27.8 Å². The molecular formula is C57H48N2. The van der Waals surface area contributed by atoms with Crippen molar-refractivity contribution in [1.82, 2.24) is 0 Å². The first-order chi connectivity index (χ1) is 28.5. The van der Waals surface area contributed by atoms with Gasteiger partial charge in [0.2, 0.25) is 0 Å². The molecule has 3 aliphatic carbocycles. The largest absolute Gasteiger partial charge is 0.313 e. The van der Waals surface area contributed by atoms with Crippen molar-refractivity contribution in [3.8, 4) is 22.3 Å². The summed E-state index contributed by atoms with van der Waals surface area (Å²) in [4.78, 5) is 5.14. The molecule has 0 amide bonds. The van der Waals surface area contributed by atoms with E-state index in [2.05, 4.69) is 215 Å². The van der Waals surface area contributed by atoms with Gasteiger partial charge in [-0.25, -0.2) is 0 Å². The topological polar surface area (TPSA) is 6.48 Å². The Morgan fingerprint density at radius 3 is 1.78 bits per heavy atom. The van der Waals surface area contributed by atoms with Crippen LogP contribution in [0.5, 0.6) is 0 Å². The first-order valence-electron chi connectivity index (χ1n) is 21.4. The van der Waals surface area contributed by atoms with Gasteiger partial charge in [0, 0.05) is 56.3 Å². The Bertz CT molecular complexity index is 3010. The number of hydrogen-bond donors (Lipinski definition) is 0. The minimum absolute atomic E-state index is 0.0581. The molecule has 2 nitrogen and oxygen atoms in total. The van der Waals surface area contributed by atoms with Crippen LogP contribution in [0.4, 0.5) is 28.4 Å². The highest BCUT2D eigenvalue weighted by Crippen LogP contribution is 2.62. The van der Waals surface area contributed by atoms with Crippen molar-refractivity contribution < 1.29 is 0 Å². The third-order valence-corrected chi connectivity index (χ3v) is 14.8. The molecule has 7 aromatic carbocycles. The van der Waals surface area contributed by atoms with Gasteiger partial charge < -0.3 is 9.80 Å². The lowest BCUT2D eigenvalue weighted by Crippen LogP contribution is -2.34. The second kappa shape index (κ2) is 11.9. The lowest BCUT2D eigenvalue weighted by molar-refractivity contribution is 0.600. The van der Waals surface area contributed by atoms with Gasteiger partial charge in [-0.3, -0.25) is 0 Å². The van der Waals surface area contributed by atoms with Gasteiger partial charge in [0.05, 0.1) is 0 Å². The highest BCUT2D eigenvalue weighted by atomic mass is 15.2. The predicted octanol–water partition coefficient (Wildman–Crippen LogP) is 15.0. The fourth-order valence-corrected chi connectivity index (χ4v) is 11.7. The Morgan fingerprint density at radius 1 is 0.458 bits per heavy atom. The molecule has 0 saturated carbocycles. The Hall–Kier alpha value is -6.38. The van der Waals surface area contributed by atoms with Crippen molar-refractivity contribution in [2.45, 2.75) is 70.1 Å².